The molecule has 13 rings (SSSR count). The molecule has 1 N–H and O–H groups in total. The Morgan fingerprint density at radius 2 is 0.519 bits per heavy atom. The Balaban J connectivity index is 0.000000174. The Hall–Kier alpha value is -5.39. The second-order valence-corrected chi connectivity index (χ2v) is 66.1. The van der Waals surface area contributed by atoms with E-state index in [0.717, 1.165) is 16.2 Å². The molecule has 13 aromatic carbocycles. The Bertz CT molecular complexity index is 4620. The molecule has 106 heavy (non-hydrogen) atoms. The van der Waals surface area contributed by atoms with Crippen LogP contribution in [0.25, 0.3) is 0 Å². The van der Waals surface area contributed by atoms with Crippen LogP contribution in [-0.2, 0) is 86.5 Å². The van der Waals surface area contributed by atoms with E-state index >= 15 is 0 Å². The molecule has 0 bridgehead atoms. The van der Waals surface area contributed by atoms with Gasteiger partial charge in [0.05, 0.1) is 23.4 Å². The number of rotatable bonds is 23. The average molecular weight is 1670 g/mol. The second-order valence-electron chi connectivity index (χ2n) is 24.8. The van der Waals surface area contributed by atoms with Crippen LogP contribution in [0.5, 0.6) is 0 Å². The largest absolute Gasteiger partial charge is 0.389 e. The SMILES string of the molecule is C.CCP(=O)(CO)CC(C)C.CP(=S)(c1ccccc1)c1ccccc1.S=P(OCc1ccccc1)(c1ccccc1)c1ccccc1.S=P(SSP(=S)(c1ccccc1)c1ccccc1)(c1ccccc1)c1ccccc1.S=P(c1ccccc1)(c1ccccc1)P(=S)(c1ccccc1)c1ccccc1. The first-order valence-electron chi connectivity index (χ1n) is 34.3. The highest BCUT2D eigenvalue weighted by atomic mass is 33.5. The third kappa shape index (κ3) is 22.7. The van der Waals surface area contributed by atoms with Crippen LogP contribution >= 0.6 is 62.2 Å². The van der Waals surface area contributed by atoms with Gasteiger partial charge in [-0.1, -0.05) is 493 Å². The highest BCUT2D eigenvalue weighted by Crippen LogP contribution is 2.78. The van der Waals surface area contributed by atoms with Crippen molar-refractivity contribution >= 4 is 197 Å². The molecule has 0 amide bonds. The van der Waals surface area contributed by atoms with Crippen LogP contribution in [0.2, 0.25) is 0 Å². The number of aliphatic hydroxyl groups is 1. The van der Waals surface area contributed by atoms with Gasteiger partial charge >= 0.3 is 0 Å². The van der Waals surface area contributed by atoms with Crippen LogP contribution in [0.1, 0.15) is 33.8 Å². The third-order valence-electron chi connectivity index (χ3n) is 16.9. The zero-order valence-electron chi connectivity index (χ0n) is 59.1. The number of hydrogen-bond donors (Lipinski definition) is 1. The van der Waals surface area contributed by atoms with E-state index in [2.05, 4.69) is 286 Å². The van der Waals surface area contributed by atoms with Crippen LogP contribution in [-0.4, -0.2) is 30.4 Å². The molecule has 3 nitrogen and oxygen atoms in total. The van der Waals surface area contributed by atoms with Crippen molar-refractivity contribution in [3.8, 4) is 0 Å². The van der Waals surface area contributed by atoms with Crippen molar-refractivity contribution in [1.29, 1.82) is 0 Å². The van der Waals surface area contributed by atoms with E-state index < -0.39 is 41.4 Å². The molecular formula is C88H91O3P7S8. The number of aliphatic hydroxyl groups excluding tert-OH is 1. The summed E-state index contributed by atoms with van der Waals surface area (Å²) >= 11 is 38.0. The lowest BCUT2D eigenvalue weighted by Crippen LogP contribution is -2.25. The maximum absolute atomic E-state index is 11.5. The fourth-order valence-corrected chi connectivity index (χ4v) is 55.4. The van der Waals surface area contributed by atoms with Crippen LogP contribution in [0, 0.1) is 5.92 Å². The summed E-state index contributed by atoms with van der Waals surface area (Å²) in [6, 6.07) is 134. The van der Waals surface area contributed by atoms with Crippen molar-refractivity contribution in [1.82, 2.24) is 0 Å². The minimum atomic E-state index is -2.33. The summed E-state index contributed by atoms with van der Waals surface area (Å²) < 4.78 is 17.8. The molecule has 0 fully saturated rings. The van der Waals surface area contributed by atoms with Gasteiger partial charge in [0.15, 0.2) is 0 Å². The summed E-state index contributed by atoms with van der Waals surface area (Å²) in [5.41, 5.74) is -3.52. The highest BCUT2D eigenvalue weighted by Gasteiger charge is 2.41. The number of benzene rings is 13. The molecule has 0 aliphatic carbocycles. The maximum Gasteiger partial charge on any atom is 0.123 e. The topological polar surface area (TPSA) is 46.5 Å². The molecular weight excluding hydrogens is 1580 g/mol. The van der Waals surface area contributed by atoms with E-state index in [4.69, 9.17) is 80.5 Å². The van der Waals surface area contributed by atoms with Gasteiger partial charge < -0.3 is 14.2 Å². The van der Waals surface area contributed by atoms with Gasteiger partial charge in [-0.3, -0.25) is 0 Å². The molecule has 0 saturated heterocycles. The van der Waals surface area contributed by atoms with Gasteiger partial charge in [-0.25, -0.2) is 0 Å². The van der Waals surface area contributed by atoms with Gasteiger partial charge in [0, 0.05) is 40.4 Å². The van der Waals surface area contributed by atoms with Gasteiger partial charge in [0.2, 0.25) is 0 Å². The van der Waals surface area contributed by atoms with Crippen LogP contribution in [0.15, 0.2) is 394 Å². The summed E-state index contributed by atoms with van der Waals surface area (Å²) in [5.74, 6) is 0.429. The molecule has 1 atom stereocenters. The molecule has 0 saturated carbocycles. The van der Waals surface area contributed by atoms with Crippen molar-refractivity contribution in [3.05, 3.63) is 400 Å². The predicted octanol–water partition coefficient (Wildman–Crippen LogP) is 21.2. The number of hydrogen-bond acceptors (Lipinski definition) is 11. The fourth-order valence-electron chi connectivity index (χ4n) is 11.3. The average Bonchev–Trinajstić information content (AvgIpc) is 0.718. The third-order valence-corrected chi connectivity index (χ3v) is 66.0. The summed E-state index contributed by atoms with van der Waals surface area (Å²) in [6.45, 7) is 8.64. The van der Waals surface area contributed by atoms with E-state index in [1.54, 1.807) is 0 Å². The smallest absolute Gasteiger partial charge is 0.123 e. The van der Waals surface area contributed by atoms with Crippen molar-refractivity contribution < 1.29 is 14.2 Å². The first-order chi connectivity index (χ1) is 50.8. The molecule has 0 aliphatic heterocycles. The zero-order valence-corrected chi connectivity index (χ0v) is 71.9. The molecule has 0 heterocycles. The predicted molar refractivity (Wildman–Crippen MR) is 503 cm³/mol. The molecule has 18 heteroatoms. The molecule has 0 aromatic heterocycles. The van der Waals surface area contributed by atoms with Gasteiger partial charge in [0.25, 0.3) is 0 Å². The van der Waals surface area contributed by atoms with Crippen LogP contribution in [0.4, 0.5) is 0 Å². The second kappa shape index (κ2) is 42.7. The Morgan fingerprint density at radius 3 is 0.717 bits per heavy atom. The maximum atomic E-state index is 11.5. The Kier molecular flexibility index (Phi) is 34.7. The van der Waals surface area contributed by atoms with Gasteiger partial charge in [0.1, 0.15) is 13.4 Å². The summed E-state index contributed by atoms with van der Waals surface area (Å²) in [6.07, 6.45) is -1.07. The van der Waals surface area contributed by atoms with E-state index in [0.29, 0.717) is 24.8 Å². The molecule has 0 spiro atoms. The van der Waals surface area contributed by atoms with Crippen LogP contribution in [0.3, 0.4) is 0 Å². The zero-order chi connectivity index (χ0) is 74.5. The van der Waals surface area contributed by atoms with E-state index in [1.165, 1.54) is 53.0 Å². The molecule has 13 aromatic rings. The first kappa shape index (κ1) is 86.2. The lowest BCUT2D eigenvalue weighted by atomic mass is 10.2. The Labute approximate surface area is 670 Å². The molecule has 0 radical (unpaired) electrons. The fraction of sp³-hybridized carbons (Fsp3) is 0.114. The molecule has 1 unspecified atom stereocenters. The van der Waals surface area contributed by atoms with Crippen molar-refractivity contribution in [2.75, 3.05) is 25.3 Å². The summed E-state index contributed by atoms with van der Waals surface area (Å²) in [4.78, 5) is 0. The summed E-state index contributed by atoms with van der Waals surface area (Å²) in [7, 11) is 1.45. The van der Waals surface area contributed by atoms with E-state index in [-0.39, 0.29) is 13.8 Å². The Morgan fingerprint density at radius 1 is 0.321 bits per heavy atom. The first-order valence-corrected chi connectivity index (χ1v) is 57.8. The van der Waals surface area contributed by atoms with Gasteiger partial charge in [-0.15, -0.1) is 0 Å². The van der Waals surface area contributed by atoms with Gasteiger partial charge in [-0.2, -0.15) is 0 Å². The van der Waals surface area contributed by atoms with Crippen molar-refractivity contribution in [2.45, 2.75) is 34.8 Å². The lowest BCUT2D eigenvalue weighted by molar-refractivity contribution is 0.349. The van der Waals surface area contributed by atoms with Crippen LogP contribution < -0.4 is 63.7 Å². The van der Waals surface area contributed by atoms with E-state index in [1.807, 2.05) is 157 Å². The minimum absolute atomic E-state index is 0. The summed E-state index contributed by atoms with van der Waals surface area (Å²) in [5, 5.41) is 18.9. The van der Waals surface area contributed by atoms with Gasteiger partial charge in [-0.05, 0) is 92.0 Å². The van der Waals surface area contributed by atoms with Crippen molar-refractivity contribution in [3.63, 3.8) is 0 Å². The van der Waals surface area contributed by atoms with Crippen molar-refractivity contribution in [2.24, 2.45) is 5.92 Å². The monoisotopic (exact) mass is 1670 g/mol. The molecule has 544 valence electrons. The van der Waals surface area contributed by atoms with E-state index in [9.17, 15) is 4.57 Å². The molecule has 0 aliphatic rings. The minimum Gasteiger partial charge on any atom is -0.389 e. The normalized spacial score (nSPS) is 12.1. The lowest BCUT2D eigenvalue weighted by Gasteiger charge is -2.37. The standard InChI is InChI=1S/C24H20P2S4.C24H20P2S2.C19H17OPS.C13H13PS.C7H17O2P.CH4/c27-25(21-13-5-1-6-14-21,22-15-7-2-8-16-22)29-30-26(28,23-17-9-3-10-18-23)24-19-11-4-12-20-24;27-25(21-13-5-1-6-14-21,22-15-7-2-8-16-22)26(28,23-17-9-3-10-18-23)24-19-11-4-12-20-24;22-21(18-12-6-2-7-13-18,19-14-8-3-9-15-19)20-16-17-10-4-1-5-11-17;1-14(15,12-8-4-2-5-9-12)13-10-6-3-7-11-13;1-4-10(9,6-8)5-7(2)3;/h1-20H;1-20H;1-15H,16H2;2-11H,1H3;7-8H,4-6H2,1-3H3;1H4. The quantitative estimate of drug-likeness (QED) is 0.0492. The highest BCUT2D eigenvalue weighted by molar-refractivity contribution is 9.21.